The Balaban J connectivity index is 2.35. The van der Waals surface area contributed by atoms with E-state index in [1.807, 2.05) is 6.07 Å². The Morgan fingerprint density at radius 3 is 2.32 bits per heavy atom. The maximum absolute atomic E-state index is 12.4. The van der Waals surface area contributed by atoms with Crippen molar-refractivity contribution in [1.82, 2.24) is 4.57 Å². The maximum atomic E-state index is 12.4. The molecule has 3 aromatic rings. The predicted molar refractivity (Wildman–Crippen MR) is 72.9 cm³/mol. The van der Waals surface area contributed by atoms with Crippen LogP contribution in [0.2, 0.25) is 0 Å². The van der Waals surface area contributed by atoms with Crippen LogP contribution in [0.25, 0.3) is 16.5 Å². The number of nitrogens with zero attached hydrogens (tertiary/aromatic N) is 1. The molecular weight excluding hydrogens is 242 g/mol. The van der Waals surface area contributed by atoms with Gasteiger partial charge in [0.2, 0.25) is 0 Å². The highest BCUT2D eigenvalue weighted by molar-refractivity contribution is 5.82. The average Bonchev–Trinajstić information content (AvgIpc) is 2.41. The molecule has 0 aliphatic rings. The van der Waals surface area contributed by atoms with Crippen LogP contribution in [-0.4, -0.2) is 14.8 Å². The molecule has 0 spiro atoms. The Hall–Kier alpha value is -2.75. The van der Waals surface area contributed by atoms with Crippen molar-refractivity contribution in [2.24, 2.45) is 0 Å². The summed E-state index contributed by atoms with van der Waals surface area (Å²) in [5, 5.41) is 20.5. The Bertz CT molecular complexity index is 804. The van der Waals surface area contributed by atoms with Gasteiger partial charge in [-0.1, -0.05) is 18.2 Å². The minimum Gasteiger partial charge on any atom is -0.508 e. The second kappa shape index (κ2) is 4.17. The molecule has 0 amide bonds. The molecule has 0 atom stereocenters. The van der Waals surface area contributed by atoms with Crippen LogP contribution in [0.3, 0.4) is 0 Å². The van der Waals surface area contributed by atoms with Gasteiger partial charge in [0.15, 0.2) is 5.88 Å². The first-order valence-corrected chi connectivity index (χ1v) is 5.80. The lowest BCUT2D eigenvalue weighted by Crippen LogP contribution is -2.18. The molecule has 0 bridgehead atoms. The number of aromatic nitrogens is 1. The van der Waals surface area contributed by atoms with Gasteiger partial charge < -0.3 is 10.2 Å². The molecule has 0 radical (unpaired) electrons. The van der Waals surface area contributed by atoms with Gasteiger partial charge in [0.1, 0.15) is 5.75 Å². The summed E-state index contributed by atoms with van der Waals surface area (Å²) in [7, 11) is 0. The molecule has 0 aliphatic carbocycles. The third kappa shape index (κ3) is 1.83. The molecule has 0 unspecified atom stereocenters. The molecule has 0 aliphatic heterocycles. The summed E-state index contributed by atoms with van der Waals surface area (Å²) < 4.78 is 1.21. The van der Waals surface area contributed by atoms with E-state index in [0.29, 0.717) is 16.5 Å². The standard InChI is InChI=1S/C15H11NO3/c17-12-7-5-11(6-8-12)16-14(18)9-10-3-1-2-4-13(10)15(16)19/h1-9,17-18H. The molecule has 0 fully saturated rings. The SMILES string of the molecule is O=c1c2ccccc2cc(O)n1-c1ccc(O)cc1. The summed E-state index contributed by atoms with van der Waals surface area (Å²) in [6, 6.07) is 14.7. The number of hydrogen-bond acceptors (Lipinski definition) is 3. The van der Waals surface area contributed by atoms with Gasteiger partial charge in [-0.15, -0.1) is 0 Å². The van der Waals surface area contributed by atoms with Gasteiger partial charge in [0, 0.05) is 11.5 Å². The largest absolute Gasteiger partial charge is 0.508 e. The van der Waals surface area contributed by atoms with Gasteiger partial charge in [0.25, 0.3) is 5.56 Å². The molecule has 0 saturated heterocycles. The monoisotopic (exact) mass is 253 g/mol. The number of phenolic OH excluding ortho intramolecular Hbond substituents is 1. The predicted octanol–water partition coefficient (Wildman–Crippen LogP) is 2.40. The van der Waals surface area contributed by atoms with Crippen molar-refractivity contribution in [3.8, 4) is 17.3 Å². The lowest BCUT2D eigenvalue weighted by Gasteiger charge is -2.10. The molecule has 0 saturated carbocycles. The van der Waals surface area contributed by atoms with Crippen molar-refractivity contribution in [3.05, 3.63) is 65.0 Å². The van der Waals surface area contributed by atoms with Crippen LogP contribution in [-0.2, 0) is 0 Å². The maximum Gasteiger partial charge on any atom is 0.265 e. The zero-order chi connectivity index (χ0) is 13.4. The van der Waals surface area contributed by atoms with E-state index < -0.39 is 0 Å². The van der Waals surface area contributed by atoms with Crippen molar-refractivity contribution < 1.29 is 10.2 Å². The number of aromatic hydroxyl groups is 2. The van der Waals surface area contributed by atoms with Crippen molar-refractivity contribution in [1.29, 1.82) is 0 Å². The zero-order valence-corrected chi connectivity index (χ0v) is 9.95. The van der Waals surface area contributed by atoms with E-state index in [4.69, 9.17) is 0 Å². The van der Waals surface area contributed by atoms with E-state index in [2.05, 4.69) is 0 Å². The second-order valence-corrected chi connectivity index (χ2v) is 4.25. The Morgan fingerprint density at radius 2 is 1.58 bits per heavy atom. The zero-order valence-electron chi connectivity index (χ0n) is 9.95. The number of fused-ring (bicyclic) bond motifs is 1. The van der Waals surface area contributed by atoms with Gasteiger partial charge in [-0.2, -0.15) is 0 Å². The number of hydrogen-bond donors (Lipinski definition) is 2. The van der Waals surface area contributed by atoms with Gasteiger partial charge in [-0.3, -0.25) is 4.79 Å². The molecule has 1 aromatic heterocycles. The first kappa shape index (κ1) is 11.3. The summed E-state index contributed by atoms with van der Waals surface area (Å²) in [6.07, 6.45) is 0. The van der Waals surface area contributed by atoms with Crippen LogP contribution in [0.15, 0.2) is 59.4 Å². The minimum absolute atomic E-state index is 0.108. The fraction of sp³-hybridized carbons (Fsp3) is 0. The van der Waals surface area contributed by atoms with Crippen LogP contribution in [0, 0.1) is 0 Å². The lowest BCUT2D eigenvalue weighted by atomic mass is 10.1. The highest BCUT2D eigenvalue weighted by Gasteiger charge is 2.09. The molecule has 1 heterocycles. The summed E-state index contributed by atoms with van der Waals surface area (Å²) >= 11 is 0. The van der Waals surface area contributed by atoms with Gasteiger partial charge in [-0.25, -0.2) is 4.57 Å². The minimum atomic E-state index is -0.290. The lowest BCUT2D eigenvalue weighted by molar-refractivity contribution is 0.436. The summed E-state index contributed by atoms with van der Waals surface area (Å²) in [5.74, 6) is -0.0218. The van der Waals surface area contributed by atoms with Crippen LogP contribution in [0.1, 0.15) is 0 Å². The van der Waals surface area contributed by atoms with E-state index in [1.165, 1.54) is 16.7 Å². The number of rotatable bonds is 1. The molecule has 2 aromatic carbocycles. The van der Waals surface area contributed by atoms with E-state index >= 15 is 0 Å². The summed E-state index contributed by atoms with van der Waals surface area (Å²) in [5.41, 5.74) is 0.215. The highest BCUT2D eigenvalue weighted by atomic mass is 16.3. The van der Waals surface area contributed by atoms with E-state index in [1.54, 1.807) is 36.4 Å². The normalized spacial score (nSPS) is 10.7. The first-order valence-electron chi connectivity index (χ1n) is 5.80. The smallest absolute Gasteiger partial charge is 0.265 e. The third-order valence-electron chi connectivity index (χ3n) is 3.02. The van der Waals surface area contributed by atoms with E-state index in [-0.39, 0.29) is 17.2 Å². The molecule has 4 heteroatoms. The quantitative estimate of drug-likeness (QED) is 0.700. The Labute approximate surface area is 108 Å². The van der Waals surface area contributed by atoms with Gasteiger partial charge in [-0.05, 0) is 35.7 Å². The van der Waals surface area contributed by atoms with Crippen molar-refractivity contribution in [2.45, 2.75) is 0 Å². The van der Waals surface area contributed by atoms with Gasteiger partial charge >= 0.3 is 0 Å². The van der Waals surface area contributed by atoms with Gasteiger partial charge in [0.05, 0.1) is 5.69 Å². The van der Waals surface area contributed by atoms with E-state index in [0.717, 1.165) is 0 Å². The topological polar surface area (TPSA) is 62.5 Å². The van der Waals surface area contributed by atoms with Crippen molar-refractivity contribution in [2.75, 3.05) is 0 Å². The number of benzene rings is 2. The summed E-state index contributed by atoms with van der Waals surface area (Å²) in [6.45, 7) is 0. The van der Waals surface area contributed by atoms with E-state index in [9.17, 15) is 15.0 Å². The molecule has 4 nitrogen and oxygen atoms in total. The summed E-state index contributed by atoms with van der Waals surface area (Å²) in [4.78, 5) is 12.4. The van der Waals surface area contributed by atoms with Crippen LogP contribution in [0.4, 0.5) is 0 Å². The van der Waals surface area contributed by atoms with Crippen LogP contribution < -0.4 is 5.56 Å². The average molecular weight is 253 g/mol. The molecule has 94 valence electrons. The fourth-order valence-electron chi connectivity index (χ4n) is 2.10. The fourth-order valence-corrected chi connectivity index (χ4v) is 2.10. The first-order chi connectivity index (χ1) is 9.16. The molecule has 19 heavy (non-hydrogen) atoms. The van der Waals surface area contributed by atoms with Crippen LogP contribution in [0.5, 0.6) is 11.6 Å². The molecule has 3 rings (SSSR count). The number of pyridine rings is 1. The highest BCUT2D eigenvalue weighted by Crippen LogP contribution is 2.21. The Morgan fingerprint density at radius 1 is 0.895 bits per heavy atom. The molecule has 2 N–H and O–H groups in total. The van der Waals surface area contributed by atoms with Crippen molar-refractivity contribution in [3.63, 3.8) is 0 Å². The second-order valence-electron chi connectivity index (χ2n) is 4.25. The van der Waals surface area contributed by atoms with Crippen molar-refractivity contribution >= 4 is 10.8 Å². The third-order valence-corrected chi connectivity index (χ3v) is 3.02. The number of phenols is 1. The molecular formula is C15H11NO3. The Kier molecular flexibility index (Phi) is 2.49. The van der Waals surface area contributed by atoms with Crippen LogP contribution >= 0.6 is 0 Å².